The molecule has 0 radical (unpaired) electrons. The number of piperidine rings is 1. The minimum absolute atomic E-state index is 0.0194. The van der Waals surface area contributed by atoms with E-state index < -0.39 is 18.8 Å². The standard InChI is InChI=1S/C16H21F3N2/c1-10-6-4-5-7-13(10)14-8-15(20)12(3)21(11(14)2)9-16(17,18)19/h4-7,11,14-15H,3,8-9,20H2,1-2H3. The number of hydrogen-bond donors (Lipinski definition) is 1. The molecule has 1 aliphatic heterocycles. The lowest BCUT2D eigenvalue weighted by molar-refractivity contribution is -0.148. The summed E-state index contributed by atoms with van der Waals surface area (Å²) in [5.41, 5.74) is 8.55. The number of nitrogens with two attached hydrogens (primary N) is 1. The molecule has 0 spiro atoms. The molecule has 5 heteroatoms. The molecule has 0 bridgehead atoms. The normalized spacial score (nSPS) is 27.0. The summed E-state index contributed by atoms with van der Waals surface area (Å²) in [4.78, 5) is 1.31. The van der Waals surface area contributed by atoms with Crippen LogP contribution in [0.3, 0.4) is 0 Å². The molecular weight excluding hydrogens is 277 g/mol. The zero-order valence-electron chi connectivity index (χ0n) is 12.3. The van der Waals surface area contributed by atoms with E-state index in [1.165, 1.54) is 4.90 Å². The third kappa shape index (κ3) is 3.40. The molecular formula is C16H21F3N2. The van der Waals surface area contributed by atoms with Gasteiger partial charge in [0.15, 0.2) is 0 Å². The molecule has 2 nitrogen and oxygen atoms in total. The van der Waals surface area contributed by atoms with Crippen molar-refractivity contribution in [3.63, 3.8) is 0 Å². The maximum atomic E-state index is 12.8. The Morgan fingerprint density at radius 2 is 1.95 bits per heavy atom. The maximum absolute atomic E-state index is 12.8. The van der Waals surface area contributed by atoms with E-state index >= 15 is 0 Å². The van der Waals surface area contributed by atoms with Crippen LogP contribution in [-0.4, -0.2) is 29.7 Å². The van der Waals surface area contributed by atoms with Crippen LogP contribution in [0.4, 0.5) is 13.2 Å². The Bertz CT molecular complexity index is 524. The number of benzene rings is 1. The molecule has 1 heterocycles. The molecule has 1 saturated heterocycles. The summed E-state index contributed by atoms with van der Waals surface area (Å²) >= 11 is 0. The van der Waals surface area contributed by atoms with Gasteiger partial charge in [0.05, 0.1) is 0 Å². The fourth-order valence-corrected chi connectivity index (χ4v) is 3.13. The van der Waals surface area contributed by atoms with Crippen LogP contribution in [0, 0.1) is 6.92 Å². The molecule has 3 atom stereocenters. The van der Waals surface area contributed by atoms with Crippen molar-refractivity contribution in [2.24, 2.45) is 5.73 Å². The number of aryl methyl sites for hydroxylation is 1. The minimum atomic E-state index is -4.26. The summed E-state index contributed by atoms with van der Waals surface area (Å²) in [6.07, 6.45) is -3.64. The number of alkyl halides is 3. The number of halogens is 3. The Kier molecular flexibility index (Phi) is 4.33. The van der Waals surface area contributed by atoms with Gasteiger partial charge in [-0.05, 0) is 31.4 Å². The number of rotatable bonds is 2. The zero-order valence-corrected chi connectivity index (χ0v) is 12.3. The van der Waals surface area contributed by atoms with Crippen LogP contribution >= 0.6 is 0 Å². The van der Waals surface area contributed by atoms with E-state index in [0.717, 1.165) is 11.1 Å². The van der Waals surface area contributed by atoms with Gasteiger partial charge in [0, 0.05) is 23.7 Å². The van der Waals surface area contributed by atoms with E-state index in [2.05, 4.69) is 6.58 Å². The van der Waals surface area contributed by atoms with E-state index in [9.17, 15) is 13.2 Å². The van der Waals surface area contributed by atoms with Crippen LogP contribution in [-0.2, 0) is 0 Å². The van der Waals surface area contributed by atoms with Gasteiger partial charge < -0.3 is 10.6 Å². The summed E-state index contributed by atoms with van der Waals surface area (Å²) < 4.78 is 38.4. The van der Waals surface area contributed by atoms with Crippen molar-refractivity contribution in [1.29, 1.82) is 0 Å². The highest BCUT2D eigenvalue weighted by molar-refractivity contribution is 5.32. The predicted molar refractivity (Wildman–Crippen MR) is 77.9 cm³/mol. The maximum Gasteiger partial charge on any atom is 0.405 e. The third-order valence-corrected chi connectivity index (χ3v) is 4.32. The molecule has 1 aromatic carbocycles. The van der Waals surface area contributed by atoms with Crippen molar-refractivity contribution in [2.75, 3.05) is 6.54 Å². The minimum Gasteiger partial charge on any atom is -0.362 e. The lowest BCUT2D eigenvalue weighted by Gasteiger charge is -2.45. The molecule has 0 aromatic heterocycles. The molecule has 0 saturated carbocycles. The van der Waals surface area contributed by atoms with Crippen LogP contribution < -0.4 is 5.73 Å². The summed E-state index contributed by atoms with van der Waals surface area (Å²) in [6, 6.07) is 7.08. The first-order chi connectivity index (χ1) is 9.70. The van der Waals surface area contributed by atoms with Crippen molar-refractivity contribution in [1.82, 2.24) is 4.90 Å². The van der Waals surface area contributed by atoms with Gasteiger partial charge in [-0.25, -0.2) is 0 Å². The van der Waals surface area contributed by atoms with Crippen molar-refractivity contribution in [3.8, 4) is 0 Å². The first-order valence-electron chi connectivity index (χ1n) is 7.04. The number of nitrogens with zero attached hydrogens (tertiary/aromatic N) is 1. The van der Waals surface area contributed by atoms with Gasteiger partial charge in [0.1, 0.15) is 6.54 Å². The highest BCUT2D eigenvalue weighted by Gasteiger charge is 2.41. The average Bonchev–Trinajstić information content (AvgIpc) is 2.39. The van der Waals surface area contributed by atoms with Crippen LogP contribution in [0.15, 0.2) is 36.5 Å². The van der Waals surface area contributed by atoms with Crippen LogP contribution in [0.1, 0.15) is 30.4 Å². The molecule has 2 rings (SSSR count). The smallest absolute Gasteiger partial charge is 0.362 e. The molecule has 2 N–H and O–H groups in total. The predicted octanol–water partition coefficient (Wildman–Crippen LogP) is 3.58. The third-order valence-electron chi connectivity index (χ3n) is 4.32. The van der Waals surface area contributed by atoms with Gasteiger partial charge in [-0.15, -0.1) is 0 Å². The Balaban J connectivity index is 2.32. The van der Waals surface area contributed by atoms with Gasteiger partial charge in [-0.1, -0.05) is 30.8 Å². The second kappa shape index (κ2) is 5.72. The molecule has 0 amide bonds. The zero-order chi connectivity index (χ0) is 15.8. The quantitative estimate of drug-likeness (QED) is 0.904. The Morgan fingerprint density at radius 3 is 2.52 bits per heavy atom. The van der Waals surface area contributed by atoms with Gasteiger partial charge in [-0.2, -0.15) is 13.2 Å². The van der Waals surface area contributed by atoms with Crippen molar-refractivity contribution in [2.45, 2.75) is 44.4 Å². The Labute approximate surface area is 123 Å². The summed E-state index contributed by atoms with van der Waals surface area (Å²) in [5, 5.41) is 0. The van der Waals surface area contributed by atoms with Gasteiger partial charge in [-0.3, -0.25) is 0 Å². The molecule has 3 unspecified atom stereocenters. The number of likely N-dealkylation sites (tertiary alicyclic amines) is 1. The highest BCUT2D eigenvalue weighted by Crippen LogP contribution is 2.38. The topological polar surface area (TPSA) is 29.3 Å². The first kappa shape index (κ1) is 15.9. The Morgan fingerprint density at radius 1 is 1.33 bits per heavy atom. The monoisotopic (exact) mass is 298 g/mol. The van der Waals surface area contributed by atoms with E-state index in [0.29, 0.717) is 12.1 Å². The van der Waals surface area contributed by atoms with E-state index in [1.54, 1.807) is 0 Å². The molecule has 1 fully saturated rings. The van der Waals surface area contributed by atoms with E-state index in [4.69, 9.17) is 5.73 Å². The van der Waals surface area contributed by atoms with Gasteiger partial charge in [0.2, 0.25) is 0 Å². The molecule has 0 aliphatic carbocycles. The fourth-order valence-electron chi connectivity index (χ4n) is 3.13. The largest absolute Gasteiger partial charge is 0.405 e. The van der Waals surface area contributed by atoms with Crippen LogP contribution in [0.5, 0.6) is 0 Å². The molecule has 1 aliphatic rings. The summed E-state index contributed by atoms with van der Waals surface area (Å²) in [6.45, 7) is 6.56. The molecule has 1 aromatic rings. The van der Waals surface area contributed by atoms with Crippen LogP contribution in [0.25, 0.3) is 0 Å². The van der Waals surface area contributed by atoms with Crippen molar-refractivity contribution in [3.05, 3.63) is 47.7 Å². The summed E-state index contributed by atoms with van der Waals surface area (Å²) in [7, 11) is 0. The van der Waals surface area contributed by atoms with Crippen molar-refractivity contribution >= 4 is 0 Å². The van der Waals surface area contributed by atoms with E-state index in [-0.39, 0.29) is 12.0 Å². The van der Waals surface area contributed by atoms with Crippen molar-refractivity contribution < 1.29 is 13.2 Å². The highest BCUT2D eigenvalue weighted by atomic mass is 19.4. The van der Waals surface area contributed by atoms with Gasteiger partial charge >= 0.3 is 6.18 Å². The van der Waals surface area contributed by atoms with Crippen LogP contribution in [0.2, 0.25) is 0 Å². The molecule has 21 heavy (non-hydrogen) atoms. The fraction of sp³-hybridized carbons (Fsp3) is 0.500. The van der Waals surface area contributed by atoms with Gasteiger partial charge in [0.25, 0.3) is 0 Å². The lowest BCUT2D eigenvalue weighted by Crippen LogP contribution is -2.51. The molecule has 116 valence electrons. The second-order valence-corrected chi connectivity index (χ2v) is 5.78. The SMILES string of the molecule is C=C1C(N)CC(c2ccccc2C)C(C)N1CC(F)(F)F. The average molecular weight is 298 g/mol. The summed E-state index contributed by atoms with van der Waals surface area (Å²) in [5.74, 6) is -0.0194. The second-order valence-electron chi connectivity index (χ2n) is 5.78. The van der Waals surface area contributed by atoms with E-state index in [1.807, 2.05) is 38.1 Å². The first-order valence-corrected chi connectivity index (χ1v) is 7.04. The number of hydrogen-bond acceptors (Lipinski definition) is 2. The Hall–Kier alpha value is -1.49. The lowest BCUT2D eigenvalue weighted by atomic mass is 9.79.